The smallest absolute Gasteiger partial charge is 0.266 e. The molecule has 1 amide bonds. The van der Waals surface area contributed by atoms with Crippen molar-refractivity contribution < 1.29 is 13.9 Å². The van der Waals surface area contributed by atoms with Gasteiger partial charge in [-0.15, -0.1) is 0 Å². The third-order valence-corrected chi connectivity index (χ3v) is 3.48. The zero-order valence-electron chi connectivity index (χ0n) is 13.7. The molecule has 2 rings (SSSR count). The Balaban J connectivity index is 2.25. The Morgan fingerprint density at radius 1 is 1.25 bits per heavy atom. The first-order valence-corrected chi connectivity index (χ1v) is 7.28. The van der Waals surface area contributed by atoms with Crippen LogP contribution in [0.25, 0.3) is 6.08 Å². The van der Waals surface area contributed by atoms with Crippen LogP contribution in [0.2, 0.25) is 0 Å². The number of ether oxygens (including phenoxy) is 1. The molecule has 0 atom stereocenters. The van der Waals surface area contributed by atoms with E-state index in [-0.39, 0.29) is 11.3 Å². The number of carbonyl (C=O) groups excluding carboxylic acids is 1. The van der Waals surface area contributed by atoms with Crippen LogP contribution < -0.4 is 10.1 Å². The number of hydrogen-bond donors (Lipinski definition) is 1. The molecule has 2 aromatic carbocycles. The van der Waals surface area contributed by atoms with Gasteiger partial charge < -0.3 is 10.1 Å². The SMILES string of the molecule is COc1ccc(/C=C(\C#N)C(=O)Nc2ccc(C)cc2C)cc1F. The zero-order valence-corrected chi connectivity index (χ0v) is 13.7. The number of halogens is 1. The molecule has 0 aliphatic carbocycles. The molecule has 2 aromatic rings. The van der Waals surface area contributed by atoms with Gasteiger partial charge in [0, 0.05) is 5.69 Å². The lowest BCUT2D eigenvalue weighted by Gasteiger charge is -2.08. The highest BCUT2D eigenvalue weighted by atomic mass is 19.1. The standard InChI is InChI=1S/C19H17FN2O2/c1-12-4-6-17(13(2)8-12)22-19(23)15(11-21)9-14-5-7-18(24-3)16(20)10-14/h4-10H,1-3H3,(H,22,23)/b15-9+. The summed E-state index contributed by atoms with van der Waals surface area (Å²) in [6, 6.07) is 11.7. The average molecular weight is 324 g/mol. The lowest BCUT2D eigenvalue weighted by molar-refractivity contribution is -0.112. The van der Waals surface area contributed by atoms with E-state index in [1.165, 1.54) is 25.3 Å². The van der Waals surface area contributed by atoms with Gasteiger partial charge in [-0.25, -0.2) is 4.39 Å². The van der Waals surface area contributed by atoms with Gasteiger partial charge in [0.25, 0.3) is 5.91 Å². The van der Waals surface area contributed by atoms with Crippen molar-refractivity contribution in [2.45, 2.75) is 13.8 Å². The van der Waals surface area contributed by atoms with Crippen molar-refractivity contribution in [3.8, 4) is 11.8 Å². The average Bonchev–Trinajstić information content (AvgIpc) is 2.55. The summed E-state index contributed by atoms with van der Waals surface area (Å²) < 4.78 is 18.5. The van der Waals surface area contributed by atoms with Crippen LogP contribution >= 0.6 is 0 Å². The minimum absolute atomic E-state index is 0.102. The highest BCUT2D eigenvalue weighted by Crippen LogP contribution is 2.20. The van der Waals surface area contributed by atoms with Crippen molar-refractivity contribution in [1.29, 1.82) is 5.26 Å². The first-order valence-electron chi connectivity index (χ1n) is 7.28. The van der Waals surface area contributed by atoms with Crippen LogP contribution in [0.4, 0.5) is 10.1 Å². The first kappa shape index (κ1) is 17.2. The number of rotatable bonds is 4. The zero-order chi connectivity index (χ0) is 17.7. The molecule has 0 heterocycles. The second-order valence-corrected chi connectivity index (χ2v) is 5.34. The number of nitrogens with one attached hydrogen (secondary N) is 1. The molecule has 0 fully saturated rings. The highest BCUT2D eigenvalue weighted by Gasteiger charge is 2.12. The van der Waals surface area contributed by atoms with Crippen LogP contribution in [0.15, 0.2) is 42.0 Å². The molecule has 1 N–H and O–H groups in total. The predicted octanol–water partition coefficient (Wildman–Crippen LogP) is 4.00. The quantitative estimate of drug-likeness (QED) is 0.683. The van der Waals surface area contributed by atoms with E-state index < -0.39 is 11.7 Å². The Labute approximate surface area is 140 Å². The van der Waals surface area contributed by atoms with Crippen LogP contribution in [0, 0.1) is 31.0 Å². The summed E-state index contributed by atoms with van der Waals surface area (Å²) in [6.07, 6.45) is 1.33. The number of methoxy groups -OCH3 is 1. The normalized spacial score (nSPS) is 10.9. The molecule has 0 bridgehead atoms. The molecule has 5 heteroatoms. The highest BCUT2D eigenvalue weighted by molar-refractivity contribution is 6.09. The molecule has 0 saturated carbocycles. The molecule has 0 spiro atoms. The minimum Gasteiger partial charge on any atom is -0.494 e. The number of carbonyl (C=O) groups is 1. The van der Waals surface area contributed by atoms with Gasteiger partial charge in [-0.3, -0.25) is 4.79 Å². The van der Waals surface area contributed by atoms with Crippen molar-refractivity contribution in [3.63, 3.8) is 0 Å². The van der Waals surface area contributed by atoms with E-state index >= 15 is 0 Å². The summed E-state index contributed by atoms with van der Waals surface area (Å²) in [7, 11) is 1.37. The van der Waals surface area contributed by atoms with Crippen molar-refractivity contribution in [3.05, 3.63) is 64.5 Å². The Morgan fingerprint density at radius 2 is 2.00 bits per heavy atom. The maximum Gasteiger partial charge on any atom is 0.266 e. The van der Waals surface area contributed by atoms with E-state index in [4.69, 9.17) is 4.74 Å². The Kier molecular flexibility index (Phi) is 5.33. The van der Waals surface area contributed by atoms with E-state index in [0.29, 0.717) is 11.3 Å². The van der Waals surface area contributed by atoms with Crippen LogP contribution in [0.5, 0.6) is 5.75 Å². The largest absolute Gasteiger partial charge is 0.494 e. The van der Waals surface area contributed by atoms with E-state index in [2.05, 4.69) is 5.32 Å². The summed E-state index contributed by atoms with van der Waals surface area (Å²) in [4.78, 5) is 12.3. The third-order valence-electron chi connectivity index (χ3n) is 3.48. The van der Waals surface area contributed by atoms with Gasteiger partial charge in [0.05, 0.1) is 7.11 Å². The van der Waals surface area contributed by atoms with E-state index in [1.54, 1.807) is 12.1 Å². The summed E-state index contributed by atoms with van der Waals surface area (Å²) in [5.74, 6) is -0.996. The second-order valence-electron chi connectivity index (χ2n) is 5.34. The van der Waals surface area contributed by atoms with Crippen LogP contribution in [0.3, 0.4) is 0 Å². The van der Waals surface area contributed by atoms with Gasteiger partial charge in [0.2, 0.25) is 0 Å². The number of benzene rings is 2. The number of nitrogens with zero attached hydrogens (tertiary/aromatic N) is 1. The number of aryl methyl sites for hydroxylation is 2. The molecule has 0 radical (unpaired) electrons. The van der Waals surface area contributed by atoms with Gasteiger partial charge in [0.15, 0.2) is 11.6 Å². The van der Waals surface area contributed by atoms with Crippen LogP contribution in [0.1, 0.15) is 16.7 Å². The van der Waals surface area contributed by atoms with Crippen molar-refractivity contribution >= 4 is 17.7 Å². The fourth-order valence-electron chi connectivity index (χ4n) is 2.23. The minimum atomic E-state index is -0.557. The Bertz CT molecular complexity index is 851. The van der Waals surface area contributed by atoms with Gasteiger partial charge in [-0.1, -0.05) is 23.8 Å². The fourth-order valence-corrected chi connectivity index (χ4v) is 2.23. The molecule has 0 aromatic heterocycles. The molecular weight excluding hydrogens is 307 g/mol. The molecule has 0 aliphatic heterocycles. The van der Waals surface area contributed by atoms with Crippen LogP contribution in [-0.4, -0.2) is 13.0 Å². The number of hydrogen-bond acceptors (Lipinski definition) is 3. The molecule has 0 aliphatic rings. The lowest BCUT2D eigenvalue weighted by atomic mass is 10.1. The predicted molar refractivity (Wildman–Crippen MR) is 91.1 cm³/mol. The topological polar surface area (TPSA) is 62.1 Å². The second kappa shape index (κ2) is 7.42. The Hall–Kier alpha value is -3.13. The number of nitriles is 1. The van der Waals surface area contributed by atoms with Gasteiger partial charge in [-0.2, -0.15) is 5.26 Å². The van der Waals surface area contributed by atoms with Crippen molar-refractivity contribution in [2.24, 2.45) is 0 Å². The first-order chi connectivity index (χ1) is 11.4. The summed E-state index contributed by atoms with van der Waals surface area (Å²) in [6.45, 7) is 3.83. The third kappa shape index (κ3) is 3.99. The molecule has 122 valence electrons. The van der Waals surface area contributed by atoms with Gasteiger partial charge in [0.1, 0.15) is 11.6 Å². The summed E-state index contributed by atoms with van der Waals surface area (Å²) in [5.41, 5.74) is 2.90. The molecule has 0 unspecified atom stereocenters. The molecule has 4 nitrogen and oxygen atoms in total. The maximum absolute atomic E-state index is 13.7. The summed E-state index contributed by atoms with van der Waals surface area (Å²) in [5, 5.41) is 11.9. The lowest BCUT2D eigenvalue weighted by Crippen LogP contribution is -2.14. The monoisotopic (exact) mass is 324 g/mol. The summed E-state index contributed by atoms with van der Waals surface area (Å²) >= 11 is 0. The van der Waals surface area contributed by atoms with Gasteiger partial charge >= 0.3 is 0 Å². The van der Waals surface area contributed by atoms with Gasteiger partial charge in [-0.05, 0) is 49.2 Å². The number of amides is 1. The van der Waals surface area contributed by atoms with E-state index in [0.717, 1.165) is 11.1 Å². The molecular formula is C19H17FN2O2. The van der Waals surface area contributed by atoms with Crippen molar-refractivity contribution in [2.75, 3.05) is 12.4 Å². The van der Waals surface area contributed by atoms with Crippen molar-refractivity contribution in [1.82, 2.24) is 0 Å². The Morgan fingerprint density at radius 3 is 2.58 bits per heavy atom. The fraction of sp³-hybridized carbons (Fsp3) is 0.158. The van der Waals surface area contributed by atoms with E-state index in [1.807, 2.05) is 32.0 Å². The molecule has 24 heavy (non-hydrogen) atoms. The molecule has 0 saturated heterocycles. The van der Waals surface area contributed by atoms with E-state index in [9.17, 15) is 14.4 Å². The van der Waals surface area contributed by atoms with Crippen LogP contribution in [-0.2, 0) is 4.79 Å². The maximum atomic E-state index is 13.7. The number of anilines is 1.